The Bertz CT molecular complexity index is 1370. The van der Waals surface area contributed by atoms with Gasteiger partial charge in [-0.3, -0.25) is 9.59 Å². The number of likely N-dealkylation sites (tertiary alicyclic amines) is 1. The van der Waals surface area contributed by atoms with Gasteiger partial charge in [-0.05, 0) is 63.5 Å². The van der Waals surface area contributed by atoms with Crippen molar-refractivity contribution in [3.05, 3.63) is 63.4 Å². The lowest BCUT2D eigenvalue weighted by Gasteiger charge is -2.33. The predicted octanol–water partition coefficient (Wildman–Crippen LogP) is 6.27. The maximum Gasteiger partial charge on any atom is 0.253 e. The van der Waals surface area contributed by atoms with E-state index in [1.807, 2.05) is 23.4 Å². The monoisotopic (exact) mass is 575 g/mol. The minimum absolute atomic E-state index is 0.0766. The summed E-state index contributed by atoms with van der Waals surface area (Å²) in [7, 11) is 3.69. The molecule has 1 aromatic heterocycles. The quantitative estimate of drug-likeness (QED) is 0.376. The highest BCUT2D eigenvalue weighted by molar-refractivity contribution is 7.08. The molecule has 1 atom stereocenters. The highest BCUT2D eigenvalue weighted by atomic mass is 32.1. The summed E-state index contributed by atoms with van der Waals surface area (Å²) in [5.41, 5.74) is 6.18. The van der Waals surface area contributed by atoms with Crippen LogP contribution in [0.3, 0.4) is 0 Å². The Kier molecular flexibility index (Phi) is 8.88. The van der Waals surface area contributed by atoms with Crippen LogP contribution in [0, 0.1) is 5.92 Å². The summed E-state index contributed by atoms with van der Waals surface area (Å²) in [6.45, 7) is 9.92. The van der Waals surface area contributed by atoms with Crippen molar-refractivity contribution in [3.63, 3.8) is 0 Å². The molecule has 41 heavy (non-hydrogen) atoms. The molecular weight excluding hydrogens is 534 g/mol. The number of allylic oxidation sites excluding steroid dienone is 1. The molecule has 1 N–H and O–H groups in total. The number of rotatable bonds is 8. The van der Waals surface area contributed by atoms with Crippen LogP contribution in [0.25, 0.3) is 11.8 Å². The van der Waals surface area contributed by atoms with Crippen molar-refractivity contribution < 1.29 is 19.1 Å². The third-order valence-electron chi connectivity index (χ3n) is 8.38. The smallest absolute Gasteiger partial charge is 0.253 e. The molecule has 3 heterocycles. The maximum absolute atomic E-state index is 13.9. The van der Waals surface area contributed by atoms with E-state index in [9.17, 15) is 9.59 Å². The first kappa shape index (κ1) is 29.0. The van der Waals surface area contributed by atoms with Crippen LogP contribution >= 0.6 is 11.3 Å². The van der Waals surface area contributed by atoms with Gasteiger partial charge in [0, 0.05) is 65.8 Å². The van der Waals surface area contributed by atoms with E-state index < -0.39 is 0 Å². The van der Waals surface area contributed by atoms with Gasteiger partial charge < -0.3 is 24.6 Å². The number of hydrogen-bond acceptors (Lipinski definition) is 6. The van der Waals surface area contributed by atoms with Crippen LogP contribution < -0.4 is 19.7 Å². The Hall–Kier alpha value is -3.52. The first-order valence-electron chi connectivity index (χ1n) is 14.5. The number of fused-ring (bicyclic) bond motifs is 1. The second kappa shape index (κ2) is 12.6. The van der Waals surface area contributed by atoms with E-state index in [1.54, 1.807) is 18.4 Å². The lowest BCUT2D eigenvalue weighted by molar-refractivity contribution is -0.128. The highest BCUT2D eigenvalue weighted by Crippen LogP contribution is 2.43. The van der Waals surface area contributed by atoms with Crippen molar-refractivity contribution >= 4 is 40.6 Å². The number of nitrogens with one attached hydrogen (secondary N) is 1. The first-order valence-corrected chi connectivity index (χ1v) is 15.5. The number of hydrogen-bond donors (Lipinski definition) is 1. The molecule has 2 aromatic rings. The number of carbonyl (C=O) groups is 2. The molecule has 7 nitrogen and oxygen atoms in total. The van der Waals surface area contributed by atoms with Crippen LogP contribution in [0.4, 0.5) is 5.69 Å². The molecule has 2 fully saturated rings. The van der Waals surface area contributed by atoms with E-state index in [1.165, 1.54) is 0 Å². The van der Waals surface area contributed by atoms with Gasteiger partial charge in [-0.25, -0.2) is 0 Å². The summed E-state index contributed by atoms with van der Waals surface area (Å²) >= 11 is 1.63. The van der Waals surface area contributed by atoms with Crippen LogP contribution in [0.15, 0.2) is 52.3 Å². The van der Waals surface area contributed by atoms with Crippen molar-refractivity contribution in [1.29, 1.82) is 0 Å². The van der Waals surface area contributed by atoms with Crippen LogP contribution in [0.5, 0.6) is 11.5 Å². The average molecular weight is 576 g/mol. The SMILES string of the molecule is C=C(C(=O)N1CCCC(NC(=O)C2CCC2)CC1)C1=C(N(C)c2ccsc2)c2cc(C=C(C)C)c(OC)cc2OC1. The minimum atomic E-state index is -0.0766. The Morgan fingerprint density at radius 2 is 1.98 bits per heavy atom. The van der Waals surface area contributed by atoms with Gasteiger partial charge in [-0.15, -0.1) is 0 Å². The number of ether oxygens (including phenoxy) is 2. The molecule has 0 radical (unpaired) electrons. The van der Waals surface area contributed by atoms with Crippen molar-refractivity contribution in [3.8, 4) is 11.5 Å². The summed E-state index contributed by atoms with van der Waals surface area (Å²) in [5.74, 6) is 1.73. The van der Waals surface area contributed by atoms with Crippen LogP contribution in [0.1, 0.15) is 63.5 Å². The first-order chi connectivity index (χ1) is 19.8. The largest absolute Gasteiger partial charge is 0.496 e. The number of thiophene rings is 1. The fourth-order valence-electron chi connectivity index (χ4n) is 5.81. The summed E-state index contributed by atoms with van der Waals surface area (Å²) in [6, 6.07) is 6.20. The molecule has 2 aliphatic heterocycles. The van der Waals surface area contributed by atoms with E-state index in [0.717, 1.165) is 77.9 Å². The zero-order valence-corrected chi connectivity index (χ0v) is 25.4. The summed E-state index contributed by atoms with van der Waals surface area (Å²) in [5, 5.41) is 7.38. The molecule has 2 amide bonds. The minimum Gasteiger partial charge on any atom is -0.496 e. The zero-order valence-electron chi connectivity index (χ0n) is 24.6. The number of anilines is 1. The topological polar surface area (TPSA) is 71.1 Å². The molecule has 1 saturated heterocycles. The summed E-state index contributed by atoms with van der Waals surface area (Å²) < 4.78 is 11.9. The molecule has 1 aliphatic carbocycles. The molecule has 218 valence electrons. The van der Waals surface area contributed by atoms with Crippen molar-refractivity contribution in [2.45, 2.75) is 58.4 Å². The zero-order chi connectivity index (χ0) is 29.1. The molecular formula is C33H41N3O4S. The van der Waals surface area contributed by atoms with Gasteiger partial charge in [0.15, 0.2) is 0 Å². The van der Waals surface area contributed by atoms with Gasteiger partial charge in [-0.1, -0.05) is 24.6 Å². The van der Waals surface area contributed by atoms with E-state index >= 15 is 0 Å². The van der Waals surface area contributed by atoms with Crippen LogP contribution in [0.2, 0.25) is 0 Å². The second-order valence-corrected chi connectivity index (χ2v) is 12.3. The number of amides is 2. The molecule has 3 aliphatic rings. The fourth-order valence-corrected chi connectivity index (χ4v) is 6.48. The molecule has 1 aromatic carbocycles. The number of benzene rings is 1. The van der Waals surface area contributed by atoms with Crippen LogP contribution in [-0.2, 0) is 9.59 Å². The van der Waals surface area contributed by atoms with E-state index in [0.29, 0.717) is 24.4 Å². The third-order valence-corrected chi connectivity index (χ3v) is 9.05. The molecule has 8 heteroatoms. The van der Waals surface area contributed by atoms with Gasteiger partial charge in [-0.2, -0.15) is 11.3 Å². The van der Waals surface area contributed by atoms with E-state index in [-0.39, 0.29) is 30.4 Å². The molecule has 1 saturated carbocycles. The lowest BCUT2D eigenvalue weighted by atomic mass is 9.84. The molecule has 1 unspecified atom stereocenters. The molecule has 0 spiro atoms. The summed E-state index contributed by atoms with van der Waals surface area (Å²) in [4.78, 5) is 30.5. The maximum atomic E-state index is 13.9. The van der Waals surface area contributed by atoms with Crippen molar-refractivity contribution in [2.75, 3.05) is 38.8 Å². The Balaban J connectivity index is 1.44. The normalized spacial score (nSPS) is 18.8. The fraction of sp³-hybridized carbons (Fsp3) is 0.455. The number of methoxy groups -OCH3 is 1. The third kappa shape index (κ3) is 6.22. The highest BCUT2D eigenvalue weighted by Gasteiger charge is 2.32. The Morgan fingerprint density at radius 1 is 1.17 bits per heavy atom. The van der Waals surface area contributed by atoms with Crippen molar-refractivity contribution in [1.82, 2.24) is 10.2 Å². The molecule has 5 rings (SSSR count). The van der Waals surface area contributed by atoms with Gasteiger partial charge in [0.25, 0.3) is 5.91 Å². The summed E-state index contributed by atoms with van der Waals surface area (Å²) in [6.07, 6.45) is 7.71. The van der Waals surface area contributed by atoms with Gasteiger partial charge in [0.1, 0.15) is 18.1 Å². The van der Waals surface area contributed by atoms with Gasteiger partial charge >= 0.3 is 0 Å². The van der Waals surface area contributed by atoms with Gasteiger partial charge in [0.05, 0.1) is 18.5 Å². The van der Waals surface area contributed by atoms with E-state index in [4.69, 9.17) is 9.47 Å². The van der Waals surface area contributed by atoms with Crippen molar-refractivity contribution in [2.24, 2.45) is 5.92 Å². The number of carbonyl (C=O) groups excluding carboxylic acids is 2. The lowest BCUT2D eigenvalue weighted by Crippen LogP contribution is -2.42. The number of nitrogens with zero attached hydrogens (tertiary/aromatic N) is 2. The average Bonchev–Trinajstić information content (AvgIpc) is 3.36. The Labute approximate surface area is 247 Å². The second-order valence-electron chi connectivity index (χ2n) is 11.5. The van der Waals surface area contributed by atoms with E-state index in [2.05, 4.69) is 54.2 Å². The van der Waals surface area contributed by atoms with Gasteiger partial charge in [0.2, 0.25) is 5.91 Å². The standard InChI is InChI=1S/C33H41N3O4S/c1-21(2)16-24-17-27-30(18-29(24)39-5)40-19-28(31(27)35(4)26-12-15-41-20-26)22(3)33(38)36-13-7-10-25(11-14-36)34-32(37)23-8-6-9-23/h12,15-18,20,23,25H,3,6-11,13-14,19H2,1-2,4-5H3,(H,34,37). The Morgan fingerprint density at radius 3 is 2.63 bits per heavy atom. The molecule has 0 bridgehead atoms. The predicted molar refractivity (Wildman–Crippen MR) is 166 cm³/mol. The van der Waals surface area contributed by atoms with Crippen LogP contribution in [-0.4, -0.2) is 56.6 Å².